The zero-order valence-corrected chi connectivity index (χ0v) is 13.7. The van der Waals surface area contributed by atoms with E-state index in [1.165, 1.54) is 0 Å². The van der Waals surface area contributed by atoms with Gasteiger partial charge in [-0.1, -0.05) is 13.8 Å². The van der Waals surface area contributed by atoms with Gasteiger partial charge in [-0.05, 0) is 47.7 Å². The van der Waals surface area contributed by atoms with Crippen LogP contribution >= 0.6 is 9.24 Å². The molecule has 0 heterocycles. The van der Waals surface area contributed by atoms with Crippen LogP contribution in [0.25, 0.3) is 0 Å². The molecule has 0 rings (SSSR count). The summed E-state index contributed by atoms with van der Waals surface area (Å²) in [5, 5.41) is 2.63. The second kappa shape index (κ2) is 9.02. The maximum atomic E-state index is 11.3. The van der Waals surface area contributed by atoms with Gasteiger partial charge in [0.25, 0.3) is 0 Å². The summed E-state index contributed by atoms with van der Waals surface area (Å²) in [5.74, 6) is 0.136. The van der Waals surface area contributed by atoms with Gasteiger partial charge in [0, 0.05) is 0 Å². The fourth-order valence-corrected chi connectivity index (χ4v) is 1.03. The van der Waals surface area contributed by atoms with Gasteiger partial charge >= 0.3 is 0 Å². The predicted octanol–water partition coefficient (Wildman–Crippen LogP) is 2.64. The molecule has 17 heavy (non-hydrogen) atoms. The van der Waals surface area contributed by atoms with Crippen molar-refractivity contribution < 1.29 is 9.53 Å². The van der Waals surface area contributed by atoms with Crippen LogP contribution in [-0.4, -0.2) is 36.7 Å². The van der Waals surface area contributed by atoms with Crippen molar-refractivity contribution in [3.8, 4) is 0 Å². The minimum absolute atomic E-state index is 0.136. The zero-order chi connectivity index (χ0) is 14.1. The summed E-state index contributed by atoms with van der Waals surface area (Å²) >= 11 is 0. The van der Waals surface area contributed by atoms with Gasteiger partial charge in [-0.3, -0.25) is 4.79 Å². The highest BCUT2D eigenvalue weighted by atomic mass is 31.0. The van der Waals surface area contributed by atoms with Gasteiger partial charge < -0.3 is 10.1 Å². The van der Waals surface area contributed by atoms with Crippen LogP contribution in [0.15, 0.2) is 0 Å². The number of rotatable bonds is 7. The maximum Gasteiger partial charge on any atom is 0.141 e. The van der Waals surface area contributed by atoms with Crippen LogP contribution < -0.4 is 5.32 Å². The van der Waals surface area contributed by atoms with Crippen LogP contribution in [0.2, 0.25) is 0 Å². The van der Waals surface area contributed by atoms with Crippen molar-refractivity contribution in [2.24, 2.45) is 0 Å². The number of nitrogens with one attached hydrogen (secondary N) is 1. The second-order valence-electron chi connectivity index (χ2n) is 4.88. The maximum absolute atomic E-state index is 11.3. The average molecular weight is 263 g/mol. The van der Waals surface area contributed by atoms with E-state index >= 15 is 0 Å². The summed E-state index contributed by atoms with van der Waals surface area (Å²) in [4.78, 5) is 11.3. The van der Waals surface area contributed by atoms with Gasteiger partial charge in [0.1, 0.15) is 5.78 Å². The van der Waals surface area contributed by atoms with Crippen LogP contribution in [0.5, 0.6) is 0 Å². The Bertz CT molecular complexity index is 215. The van der Waals surface area contributed by atoms with Gasteiger partial charge in [0.2, 0.25) is 0 Å². The standard InChI is InChI=1S/C11H24NO2P.C2H6/c1-9(13)11(4,15)8-14-10(2,3)6-7-12-5;1-2/h12H,6-8,15H2,1-5H3;1-2H3. The lowest BCUT2D eigenvalue weighted by Gasteiger charge is -2.30. The molecular weight excluding hydrogens is 233 g/mol. The number of ketones is 1. The predicted molar refractivity (Wildman–Crippen MR) is 78.7 cm³/mol. The van der Waals surface area contributed by atoms with Gasteiger partial charge in [-0.2, -0.15) is 0 Å². The summed E-state index contributed by atoms with van der Waals surface area (Å²) in [6, 6.07) is 0. The molecule has 0 bridgehead atoms. The van der Waals surface area contributed by atoms with Crippen molar-refractivity contribution in [3.63, 3.8) is 0 Å². The lowest BCUT2D eigenvalue weighted by Crippen LogP contribution is -2.38. The molecule has 104 valence electrons. The number of Topliss-reactive ketones (excluding diaryl/α,β-unsaturated/α-hetero) is 1. The molecule has 4 heteroatoms. The average Bonchev–Trinajstić information content (AvgIpc) is 2.27. The molecule has 0 aliphatic rings. The van der Waals surface area contributed by atoms with Crippen molar-refractivity contribution in [2.45, 2.75) is 58.7 Å². The largest absolute Gasteiger partial charge is 0.374 e. The number of carbonyl (C=O) groups is 1. The van der Waals surface area contributed by atoms with E-state index in [-0.39, 0.29) is 11.4 Å². The van der Waals surface area contributed by atoms with E-state index in [2.05, 4.69) is 14.6 Å². The summed E-state index contributed by atoms with van der Waals surface area (Å²) in [6.07, 6.45) is 0.933. The normalized spacial score (nSPS) is 14.6. The first-order chi connectivity index (χ1) is 7.71. The molecule has 0 aromatic carbocycles. The molecule has 0 saturated carbocycles. The Morgan fingerprint density at radius 2 is 1.76 bits per heavy atom. The Labute approximate surface area is 109 Å². The minimum Gasteiger partial charge on any atom is -0.374 e. The molecular formula is C13H30NO2P. The summed E-state index contributed by atoms with van der Waals surface area (Å²) < 4.78 is 5.78. The zero-order valence-electron chi connectivity index (χ0n) is 12.5. The molecule has 0 aliphatic carbocycles. The number of carbonyl (C=O) groups excluding carboxylic acids is 1. The SMILES string of the molecule is CC.CNCCC(C)(C)OCC(C)(P)C(C)=O. The Hall–Kier alpha value is 0.0200. The van der Waals surface area contributed by atoms with Crippen LogP contribution in [0.1, 0.15) is 48.0 Å². The van der Waals surface area contributed by atoms with E-state index in [4.69, 9.17) is 4.74 Å². The van der Waals surface area contributed by atoms with E-state index in [1.807, 2.05) is 41.7 Å². The fraction of sp³-hybridized carbons (Fsp3) is 0.923. The monoisotopic (exact) mass is 263 g/mol. The van der Waals surface area contributed by atoms with Crippen molar-refractivity contribution in [1.29, 1.82) is 0 Å². The minimum atomic E-state index is -0.461. The first-order valence-electron chi connectivity index (χ1n) is 6.30. The third kappa shape index (κ3) is 9.70. The number of ether oxygens (including phenoxy) is 1. The lowest BCUT2D eigenvalue weighted by atomic mass is 10.0. The molecule has 0 spiro atoms. The first-order valence-corrected chi connectivity index (χ1v) is 6.87. The molecule has 0 amide bonds. The molecule has 0 saturated heterocycles. The van der Waals surface area contributed by atoms with E-state index in [1.54, 1.807) is 6.92 Å². The number of hydrogen-bond acceptors (Lipinski definition) is 3. The second-order valence-corrected chi connectivity index (χ2v) is 6.15. The molecule has 1 N–H and O–H groups in total. The van der Waals surface area contributed by atoms with E-state index in [0.29, 0.717) is 6.61 Å². The van der Waals surface area contributed by atoms with Crippen molar-refractivity contribution >= 4 is 15.0 Å². The van der Waals surface area contributed by atoms with Gasteiger partial charge in [0.15, 0.2) is 0 Å². The van der Waals surface area contributed by atoms with E-state index in [0.717, 1.165) is 13.0 Å². The Kier molecular flexibility index (Phi) is 10.3. The van der Waals surface area contributed by atoms with Crippen LogP contribution in [0.4, 0.5) is 0 Å². The highest BCUT2D eigenvalue weighted by Crippen LogP contribution is 2.23. The molecule has 0 fully saturated rings. The van der Waals surface area contributed by atoms with Crippen molar-refractivity contribution in [3.05, 3.63) is 0 Å². The van der Waals surface area contributed by atoms with E-state index in [9.17, 15) is 4.79 Å². The molecule has 0 aliphatic heterocycles. The van der Waals surface area contributed by atoms with Crippen LogP contribution in [0, 0.1) is 0 Å². The third-order valence-electron chi connectivity index (χ3n) is 2.54. The summed E-state index contributed by atoms with van der Waals surface area (Å²) in [7, 11) is 4.49. The summed E-state index contributed by atoms with van der Waals surface area (Å²) in [6.45, 7) is 12.9. The smallest absolute Gasteiger partial charge is 0.141 e. The Balaban J connectivity index is 0. The fourth-order valence-electron chi connectivity index (χ4n) is 0.945. The molecule has 0 aromatic rings. The van der Waals surface area contributed by atoms with Crippen molar-refractivity contribution in [2.75, 3.05) is 20.2 Å². The van der Waals surface area contributed by atoms with Gasteiger partial charge in [0.05, 0.1) is 17.4 Å². The Morgan fingerprint density at radius 3 is 2.12 bits per heavy atom. The lowest BCUT2D eigenvalue weighted by molar-refractivity contribution is -0.122. The molecule has 2 atom stereocenters. The third-order valence-corrected chi connectivity index (χ3v) is 3.12. The molecule has 0 radical (unpaired) electrons. The first kappa shape index (κ1) is 19.4. The van der Waals surface area contributed by atoms with E-state index < -0.39 is 5.16 Å². The van der Waals surface area contributed by atoms with Crippen LogP contribution in [0.3, 0.4) is 0 Å². The van der Waals surface area contributed by atoms with Gasteiger partial charge in [-0.25, -0.2) is 0 Å². The quantitative estimate of drug-likeness (QED) is 0.718. The van der Waals surface area contributed by atoms with Crippen molar-refractivity contribution in [1.82, 2.24) is 5.32 Å². The Morgan fingerprint density at radius 1 is 1.29 bits per heavy atom. The van der Waals surface area contributed by atoms with Gasteiger partial charge in [-0.15, -0.1) is 9.24 Å². The topological polar surface area (TPSA) is 38.3 Å². The highest BCUT2D eigenvalue weighted by molar-refractivity contribution is 7.21. The molecule has 3 nitrogen and oxygen atoms in total. The number of hydrogen-bond donors (Lipinski definition) is 1. The highest BCUT2D eigenvalue weighted by Gasteiger charge is 2.28. The van der Waals surface area contributed by atoms with Crippen LogP contribution in [-0.2, 0) is 9.53 Å². The molecule has 0 aromatic heterocycles. The molecule has 2 unspecified atom stereocenters. The summed E-state index contributed by atoms with van der Waals surface area (Å²) in [5.41, 5.74) is -0.184.